The van der Waals surface area contributed by atoms with Crippen molar-refractivity contribution in [1.82, 2.24) is 0 Å². The third kappa shape index (κ3) is 5.98. The molecular weight excluding hydrogens is 486 g/mol. The topological polar surface area (TPSA) is 103 Å². The number of esters is 1. The van der Waals surface area contributed by atoms with Gasteiger partial charge in [-0.15, -0.1) is 11.3 Å². The second-order valence-corrected chi connectivity index (χ2v) is 8.86. The molecular formula is C22H20ClN3O5S2. The molecule has 3 aromatic rings. The first-order valence-electron chi connectivity index (χ1n) is 9.73. The van der Waals surface area contributed by atoms with Gasteiger partial charge >= 0.3 is 5.97 Å². The first-order chi connectivity index (χ1) is 15.7. The van der Waals surface area contributed by atoms with Gasteiger partial charge in [0.2, 0.25) is 0 Å². The molecule has 8 nitrogen and oxygen atoms in total. The van der Waals surface area contributed by atoms with Gasteiger partial charge in [0.25, 0.3) is 5.69 Å². The minimum absolute atomic E-state index is 0.155. The fraction of sp³-hybridized carbons (Fsp3) is 0.182. The van der Waals surface area contributed by atoms with Gasteiger partial charge in [-0.2, -0.15) is 0 Å². The normalized spacial score (nSPS) is 10.4. The summed E-state index contributed by atoms with van der Waals surface area (Å²) in [5.74, 6) is 0.248. The minimum atomic E-state index is -0.526. The molecule has 0 saturated heterocycles. The molecule has 0 bridgehead atoms. The highest BCUT2D eigenvalue weighted by Gasteiger charge is 2.22. The molecule has 33 heavy (non-hydrogen) atoms. The predicted octanol–water partition coefficient (Wildman–Crippen LogP) is 6.57. The van der Waals surface area contributed by atoms with Crippen molar-refractivity contribution >= 4 is 62.6 Å². The Morgan fingerprint density at radius 2 is 1.88 bits per heavy atom. The Morgan fingerprint density at radius 1 is 1.18 bits per heavy atom. The van der Waals surface area contributed by atoms with E-state index in [-0.39, 0.29) is 16.5 Å². The van der Waals surface area contributed by atoms with E-state index in [4.69, 9.17) is 33.3 Å². The highest BCUT2D eigenvalue weighted by molar-refractivity contribution is 7.80. The number of aryl methyl sites for hydroxylation is 1. The zero-order valence-electron chi connectivity index (χ0n) is 17.9. The number of thiophene rings is 1. The number of nitro groups is 1. The molecule has 0 aliphatic rings. The fourth-order valence-electron chi connectivity index (χ4n) is 3.13. The highest BCUT2D eigenvalue weighted by Crippen LogP contribution is 2.35. The first-order valence-corrected chi connectivity index (χ1v) is 11.3. The Balaban J connectivity index is 1.85. The van der Waals surface area contributed by atoms with Gasteiger partial charge in [0.15, 0.2) is 5.11 Å². The van der Waals surface area contributed by atoms with Gasteiger partial charge in [0, 0.05) is 22.0 Å². The zero-order valence-corrected chi connectivity index (χ0v) is 20.3. The van der Waals surface area contributed by atoms with Crippen LogP contribution in [0.25, 0.3) is 0 Å². The van der Waals surface area contributed by atoms with Crippen LogP contribution < -0.4 is 15.4 Å². The van der Waals surface area contributed by atoms with Gasteiger partial charge in [0.1, 0.15) is 16.5 Å². The molecule has 11 heteroatoms. The maximum absolute atomic E-state index is 12.3. The maximum Gasteiger partial charge on any atom is 0.341 e. The van der Waals surface area contributed by atoms with Crippen molar-refractivity contribution < 1.29 is 19.2 Å². The number of thiocarbonyl (C=S) groups is 1. The number of hydrogen-bond acceptors (Lipinski definition) is 7. The summed E-state index contributed by atoms with van der Waals surface area (Å²) in [5.41, 5.74) is 1.47. The maximum atomic E-state index is 12.3. The molecule has 3 rings (SSSR count). The Kier molecular flexibility index (Phi) is 7.85. The Hall–Kier alpha value is -3.21. The van der Waals surface area contributed by atoms with Crippen molar-refractivity contribution in [2.45, 2.75) is 20.3 Å². The SMILES string of the molecule is CCc1c(C)sc(NC(=S)Nc2cc(Oc3ccc(Cl)cc3)cc([N+](=O)[O-])c2)c1C(=O)OC. The lowest BCUT2D eigenvalue weighted by Gasteiger charge is -2.12. The lowest BCUT2D eigenvalue weighted by molar-refractivity contribution is -0.384. The standard InChI is InChI=1S/C22H20ClN3O5S2/c1-4-18-12(2)33-20(19(18)21(27)30-3)25-22(32)24-14-9-15(26(28)29)11-17(10-14)31-16-7-5-13(23)6-8-16/h5-11H,4H2,1-3H3,(H2,24,25,32). The van der Waals surface area contributed by atoms with E-state index < -0.39 is 10.9 Å². The number of anilines is 2. The van der Waals surface area contributed by atoms with Gasteiger partial charge in [-0.3, -0.25) is 10.1 Å². The van der Waals surface area contributed by atoms with Crippen molar-refractivity contribution in [3.63, 3.8) is 0 Å². The molecule has 0 aliphatic carbocycles. The van der Waals surface area contributed by atoms with Gasteiger partial charge in [0.05, 0.1) is 29.4 Å². The molecule has 0 unspecified atom stereocenters. The van der Waals surface area contributed by atoms with Crippen LogP contribution in [0.3, 0.4) is 0 Å². The fourth-order valence-corrected chi connectivity index (χ4v) is 4.68. The number of benzene rings is 2. The second-order valence-electron chi connectivity index (χ2n) is 6.79. The van der Waals surface area contributed by atoms with Crippen molar-refractivity contribution in [3.05, 3.63) is 73.6 Å². The van der Waals surface area contributed by atoms with Crippen LogP contribution >= 0.6 is 35.2 Å². The van der Waals surface area contributed by atoms with Crippen LogP contribution in [0.2, 0.25) is 5.02 Å². The van der Waals surface area contributed by atoms with E-state index in [9.17, 15) is 14.9 Å². The summed E-state index contributed by atoms with van der Waals surface area (Å²) in [4.78, 5) is 24.2. The molecule has 0 spiro atoms. The molecule has 0 fully saturated rings. The number of hydrogen-bond donors (Lipinski definition) is 2. The molecule has 0 amide bonds. The summed E-state index contributed by atoms with van der Waals surface area (Å²) in [6.07, 6.45) is 0.658. The smallest absolute Gasteiger partial charge is 0.341 e. The number of carbonyl (C=O) groups excluding carboxylic acids is 1. The van der Waals surface area contributed by atoms with Crippen LogP contribution in [-0.4, -0.2) is 23.1 Å². The van der Waals surface area contributed by atoms with Crippen molar-refractivity contribution in [3.8, 4) is 11.5 Å². The van der Waals surface area contributed by atoms with E-state index in [1.165, 1.54) is 30.6 Å². The first kappa shape index (κ1) is 24.4. The third-order valence-corrected chi connectivity index (χ3v) is 6.11. The van der Waals surface area contributed by atoms with Crippen molar-refractivity contribution in [1.29, 1.82) is 0 Å². The molecule has 0 aliphatic heterocycles. The lowest BCUT2D eigenvalue weighted by atomic mass is 10.1. The molecule has 0 atom stereocenters. The quantitative estimate of drug-likeness (QED) is 0.161. The van der Waals surface area contributed by atoms with E-state index >= 15 is 0 Å². The van der Waals surface area contributed by atoms with E-state index in [0.29, 0.717) is 33.4 Å². The molecule has 172 valence electrons. The number of methoxy groups -OCH3 is 1. The summed E-state index contributed by atoms with van der Waals surface area (Å²) >= 11 is 12.7. The van der Waals surface area contributed by atoms with E-state index in [2.05, 4.69) is 10.6 Å². The van der Waals surface area contributed by atoms with Gasteiger partial charge < -0.3 is 20.1 Å². The number of nitrogens with zero attached hydrogens (tertiary/aromatic N) is 1. The summed E-state index contributed by atoms with van der Waals surface area (Å²) in [6.45, 7) is 3.87. The number of carbonyl (C=O) groups is 1. The average molecular weight is 506 g/mol. The van der Waals surface area contributed by atoms with Crippen molar-refractivity contribution in [2.24, 2.45) is 0 Å². The molecule has 2 aromatic carbocycles. The monoisotopic (exact) mass is 505 g/mol. The number of non-ortho nitro benzene ring substituents is 1. The molecule has 1 aromatic heterocycles. The molecule has 0 radical (unpaired) electrons. The number of nitro benzene ring substituents is 1. The average Bonchev–Trinajstić information content (AvgIpc) is 3.08. The van der Waals surface area contributed by atoms with Crippen LogP contribution in [0.5, 0.6) is 11.5 Å². The van der Waals surface area contributed by atoms with E-state index in [1.54, 1.807) is 30.3 Å². The lowest BCUT2D eigenvalue weighted by Crippen LogP contribution is -2.20. The number of halogens is 1. The summed E-state index contributed by atoms with van der Waals surface area (Å²) in [5, 5.41) is 18.6. The van der Waals surface area contributed by atoms with Crippen LogP contribution in [-0.2, 0) is 11.2 Å². The second kappa shape index (κ2) is 10.6. The number of nitrogens with one attached hydrogen (secondary N) is 2. The number of rotatable bonds is 7. The van der Waals surface area contributed by atoms with Crippen LogP contribution in [0.1, 0.15) is 27.7 Å². The Labute approximate surface area is 204 Å². The largest absolute Gasteiger partial charge is 0.465 e. The third-order valence-electron chi connectivity index (χ3n) is 4.59. The molecule has 2 N–H and O–H groups in total. The zero-order chi connectivity index (χ0) is 24.1. The predicted molar refractivity (Wildman–Crippen MR) is 134 cm³/mol. The summed E-state index contributed by atoms with van der Waals surface area (Å²) < 4.78 is 10.7. The highest BCUT2D eigenvalue weighted by atomic mass is 35.5. The Bertz CT molecular complexity index is 1210. The van der Waals surface area contributed by atoms with Gasteiger partial charge in [-0.05, 0) is 55.4 Å². The van der Waals surface area contributed by atoms with Gasteiger partial charge in [-0.25, -0.2) is 4.79 Å². The van der Waals surface area contributed by atoms with E-state index in [0.717, 1.165) is 10.4 Å². The molecule has 0 saturated carbocycles. The van der Waals surface area contributed by atoms with Crippen LogP contribution in [0.15, 0.2) is 42.5 Å². The molecule has 1 heterocycles. The van der Waals surface area contributed by atoms with Gasteiger partial charge in [-0.1, -0.05) is 18.5 Å². The summed E-state index contributed by atoms with van der Waals surface area (Å²) in [6, 6.07) is 10.8. The van der Waals surface area contributed by atoms with Crippen molar-refractivity contribution in [2.75, 3.05) is 17.7 Å². The van der Waals surface area contributed by atoms with Crippen LogP contribution in [0, 0.1) is 17.0 Å². The van der Waals surface area contributed by atoms with Crippen LogP contribution in [0.4, 0.5) is 16.4 Å². The Morgan fingerprint density at radius 3 is 2.48 bits per heavy atom. The van der Waals surface area contributed by atoms with E-state index in [1.807, 2.05) is 13.8 Å². The minimum Gasteiger partial charge on any atom is -0.465 e. The number of ether oxygens (including phenoxy) is 2. The summed E-state index contributed by atoms with van der Waals surface area (Å²) in [7, 11) is 1.32.